The summed E-state index contributed by atoms with van der Waals surface area (Å²) >= 11 is 0. The molecule has 280 valence electrons. The Morgan fingerprint density at radius 1 is 0.887 bits per heavy atom. The van der Waals surface area contributed by atoms with Crippen LogP contribution in [0.15, 0.2) is 71.0 Å². The minimum atomic E-state index is -0.723. The summed E-state index contributed by atoms with van der Waals surface area (Å²) in [5.74, 6) is -0.904. The smallest absolute Gasteiger partial charge is 0.857 e. The molecule has 0 spiro atoms. The summed E-state index contributed by atoms with van der Waals surface area (Å²) in [5, 5.41) is 34.2. The van der Waals surface area contributed by atoms with Crippen LogP contribution in [0.5, 0.6) is 0 Å². The largest absolute Gasteiger partial charge is 1.00 e. The third kappa shape index (κ3) is 10.3. The van der Waals surface area contributed by atoms with E-state index >= 15 is 0 Å². The Morgan fingerprint density at radius 3 is 1.92 bits per heavy atom. The number of hydrogen-bond acceptors (Lipinski definition) is 14. The number of hydrogen-bond donors (Lipinski definition) is 5. The second kappa shape index (κ2) is 20.3. The molecule has 53 heavy (non-hydrogen) atoms. The van der Waals surface area contributed by atoms with Crippen molar-refractivity contribution in [3.05, 3.63) is 93.3 Å². The number of benzene rings is 1. The first-order valence-corrected chi connectivity index (χ1v) is 16.1. The Hall–Kier alpha value is -4.24. The van der Waals surface area contributed by atoms with Gasteiger partial charge in [-0.05, 0) is 31.2 Å². The minimum absolute atomic E-state index is 0. The summed E-state index contributed by atoms with van der Waals surface area (Å²) in [6.45, 7) is 3.12. The van der Waals surface area contributed by atoms with Crippen molar-refractivity contribution >= 4 is 34.0 Å². The molecule has 2 saturated heterocycles. The van der Waals surface area contributed by atoms with Gasteiger partial charge in [0.15, 0.2) is 23.5 Å². The second-order valence-corrected chi connectivity index (χ2v) is 11.5. The third-order valence-corrected chi connectivity index (χ3v) is 8.07. The number of aliphatic hydroxyl groups excluding tert-OH is 3. The number of carbonyl (C=O) groups excluding carboxylic acids is 2. The van der Waals surface area contributed by atoms with Crippen LogP contribution in [-0.4, -0.2) is 108 Å². The van der Waals surface area contributed by atoms with Gasteiger partial charge in [0.05, 0.1) is 48.1 Å². The van der Waals surface area contributed by atoms with Gasteiger partial charge in [0.2, 0.25) is 0 Å². The number of aromatic amines is 2. The number of ether oxygens (including phenoxy) is 4. The van der Waals surface area contributed by atoms with Crippen LogP contribution >= 0.6 is 0 Å². The predicted octanol–water partition coefficient (Wildman–Crippen LogP) is -2.94. The van der Waals surface area contributed by atoms with Crippen LogP contribution < -0.4 is 45.8 Å². The Morgan fingerprint density at radius 2 is 1.42 bits per heavy atom. The number of aryl methyl sites for hydroxylation is 1. The molecule has 2 aliphatic heterocycles. The molecule has 1 unspecified atom stereocenters. The zero-order valence-corrected chi connectivity index (χ0v) is 31.9. The number of pyridine rings is 2. The molecule has 0 bridgehead atoms. The Balaban J connectivity index is 0.000000281. The Labute approximate surface area is 324 Å². The number of rotatable bonds is 7. The fourth-order valence-electron chi connectivity index (χ4n) is 5.78. The molecule has 7 rings (SSSR count). The molecule has 18 nitrogen and oxygen atoms in total. The summed E-state index contributed by atoms with van der Waals surface area (Å²) in [5.41, 5.74) is 2.61. The number of esters is 2. The normalized spacial score (nSPS) is 21.6. The topological polar surface area (TPSA) is 256 Å². The monoisotopic (exact) mass is 748 g/mol. The molecule has 5 aromatic rings. The summed E-state index contributed by atoms with van der Waals surface area (Å²) in [6.07, 6.45) is 3.18. The number of imidazole rings is 2. The molecule has 1 aromatic carbocycles. The van der Waals surface area contributed by atoms with Crippen LogP contribution in [-0.2, 0) is 23.7 Å². The fourth-order valence-corrected chi connectivity index (χ4v) is 5.78. The van der Waals surface area contributed by atoms with E-state index in [0.29, 0.717) is 35.0 Å². The molecule has 2 fully saturated rings. The summed E-state index contributed by atoms with van der Waals surface area (Å²) in [7, 11) is 1.75. The van der Waals surface area contributed by atoms with Gasteiger partial charge >= 0.3 is 41.5 Å². The number of H-pyrrole nitrogens is 2. The van der Waals surface area contributed by atoms with Crippen LogP contribution in [0.4, 0.5) is 0 Å². The average molecular weight is 749 g/mol. The molecule has 6 atom stereocenters. The molecule has 19 heteroatoms. The van der Waals surface area contributed by atoms with Gasteiger partial charge in [-0.15, -0.1) is 0 Å². The zero-order chi connectivity index (χ0) is 37.9. The van der Waals surface area contributed by atoms with Crippen molar-refractivity contribution in [3.8, 4) is 0 Å². The summed E-state index contributed by atoms with van der Waals surface area (Å²) in [4.78, 5) is 60.6. The van der Waals surface area contributed by atoms with Crippen LogP contribution in [0.1, 0.15) is 48.1 Å². The standard InChI is InChI=1S/C21H21N3O6.C11H13N3O4.CH4O.CH3O.Na/c1-12-3-5-14(6-4-12)21(27)28-10-15-9-17(29-13(2)25)20(30-15)24-11-23-18-16(24)7-8-22-19(18)26;15-4-6-3-8(16)11(18-6)14-5-13-9-7(14)1-2-12-10(9)17;2*1-2;/h3-8,11,15,17,20H,9-10H2,1-2H3,(H,22,26);1-2,5-6,8,11,15-16H,3-4H2,(H,12,17);2H,1H3;1H3;/q;;;-1;+1/t15-,17?,20+;6-,8+,11+;;;/m00.../s1. The molecule has 0 amide bonds. The molecule has 0 aliphatic carbocycles. The van der Waals surface area contributed by atoms with E-state index in [0.717, 1.165) is 19.8 Å². The van der Waals surface area contributed by atoms with E-state index in [-0.39, 0.29) is 65.5 Å². The second-order valence-electron chi connectivity index (χ2n) is 11.5. The number of nitrogens with zero attached hydrogens (tertiary/aromatic N) is 4. The van der Waals surface area contributed by atoms with Crippen LogP contribution in [0.2, 0.25) is 0 Å². The first kappa shape index (κ1) is 43.2. The quantitative estimate of drug-likeness (QED) is 0.0825. The molecule has 0 radical (unpaired) electrons. The van der Waals surface area contributed by atoms with Gasteiger partial charge in [0.25, 0.3) is 11.1 Å². The van der Waals surface area contributed by atoms with Gasteiger partial charge in [-0.3, -0.25) is 19.0 Å². The maximum absolute atomic E-state index is 12.3. The summed E-state index contributed by atoms with van der Waals surface area (Å²) < 4.78 is 25.6. The van der Waals surface area contributed by atoms with Crippen LogP contribution in [0, 0.1) is 6.92 Å². The predicted molar refractivity (Wildman–Crippen MR) is 182 cm³/mol. The molecular formula is C34H41N6NaO12. The first-order valence-electron chi connectivity index (χ1n) is 16.1. The maximum Gasteiger partial charge on any atom is 1.00 e. The minimum Gasteiger partial charge on any atom is -0.857 e. The van der Waals surface area contributed by atoms with Gasteiger partial charge in [-0.1, -0.05) is 17.7 Å². The summed E-state index contributed by atoms with van der Waals surface area (Å²) in [6, 6.07) is 10.5. The van der Waals surface area contributed by atoms with Crippen molar-refractivity contribution in [1.29, 1.82) is 0 Å². The van der Waals surface area contributed by atoms with Crippen LogP contribution in [0.3, 0.4) is 0 Å². The number of aliphatic hydroxyl groups is 3. The Kier molecular flexibility index (Phi) is 16.5. The number of nitrogens with one attached hydrogen (secondary N) is 2. The van der Waals surface area contributed by atoms with E-state index in [1.54, 1.807) is 33.4 Å². The van der Waals surface area contributed by atoms with Crippen molar-refractivity contribution < 1.29 is 78.5 Å². The molecular weight excluding hydrogens is 707 g/mol. The van der Waals surface area contributed by atoms with Crippen LogP contribution in [0.25, 0.3) is 22.1 Å². The molecule has 2 aliphatic rings. The van der Waals surface area contributed by atoms with Gasteiger partial charge in [0.1, 0.15) is 18.8 Å². The van der Waals surface area contributed by atoms with Crippen molar-refractivity contribution in [2.75, 3.05) is 27.4 Å². The van der Waals surface area contributed by atoms with E-state index in [2.05, 4.69) is 19.9 Å². The van der Waals surface area contributed by atoms with Gasteiger partial charge in [-0.2, -0.15) is 7.11 Å². The number of aromatic nitrogens is 6. The Bertz CT molecular complexity index is 2050. The zero-order valence-electron chi connectivity index (χ0n) is 29.9. The first-order chi connectivity index (χ1) is 25.1. The number of fused-ring (bicyclic) bond motifs is 2. The van der Waals surface area contributed by atoms with E-state index in [4.69, 9.17) is 34.3 Å². The van der Waals surface area contributed by atoms with Gasteiger partial charge in [0, 0.05) is 39.3 Å². The average Bonchev–Trinajstić information content (AvgIpc) is 3.95. The third-order valence-electron chi connectivity index (χ3n) is 8.07. The molecule has 4 aromatic heterocycles. The maximum atomic E-state index is 12.3. The van der Waals surface area contributed by atoms with E-state index < -0.39 is 42.7 Å². The van der Waals surface area contributed by atoms with E-state index in [1.165, 1.54) is 32.0 Å². The van der Waals surface area contributed by atoms with Crippen molar-refractivity contribution in [1.82, 2.24) is 29.1 Å². The van der Waals surface area contributed by atoms with Crippen molar-refractivity contribution in [3.63, 3.8) is 0 Å². The van der Waals surface area contributed by atoms with Gasteiger partial charge in [-0.25, -0.2) is 14.8 Å². The molecule has 0 saturated carbocycles. The fraction of sp³-hybridized carbons (Fsp3) is 0.412. The molecule has 6 heterocycles. The van der Waals surface area contributed by atoms with Crippen molar-refractivity contribution in [2.45, 2.75) is 63.6 Å². The number of carbonyl (C=O) groups is 2. The van der Waals surface area contributed by atoms with E-state index in [9.17, 15) is 24.3 Å². The van der Waals surface area contributed by atoms with Crippen molar-refractivity contribution in [2.24, 2.45) is 0 Å². The van der Waals surface area contributed by atoms with E-state index in [1.807, 2.05) is 19.1 Å². The van der Waals surface area contributed by atoms with Gasteiger partial charge < -0.3 is 53.9 Å². The molecule has 5 N–H and O–H groups in total. The SMILES string of the molecule is CC(=O)OC1C[C@@H](COC(=O)c2ccc(C)cc2)O[C@H]1n1cnc2c(=O)[nH]ccc21.CO.C[O-].O=c1[nH]ccc2c1ncn2[C@@H]1O[C@H](CO)C[C@H]1O.[Na+].